The van der Waals surface area contributed by atoms with Gasteiger partial charge in [-0.05, 0) is 24.6 Å². The molecule has 2 aromatic rings. The number of benzene rings is 1. The Balaban J connectivity index is 1.95. The van der Waals surface area contributed by atoms with Gasteiger partial charge in [0.05, 0.1) is 18.7 Å². The van der Waals surface area contributed by atoms with E-state index < -0.39 is 12.0 Å². The molecular formula is C16H18N2O3. The fourth-order valence-corrected chi connectivity index (χ4v) is 2.80. The normalized spacial score (nSPS) is 19.8. The SMILES string of the molecule is Cc1cc(CN2CCOCC2C(=O)O)c2ccccc2n1. The number of rotatable bonds is 3. The molecule has 2 heterocycles. The average Bonchev–Trinajstić information content (AvgIpc) is 2.47. The summed E-state index contributed by atoms with van der Waals surface area (Å²) in [7, 11) is 0. The molecule has 0 bridgehead atoms. The summed E-state index contributed by atoms with van der Waals surface area (Å²) in [6.45, 7) is 4.02. The standard InChI is InChI=1S/C16H18N2O3/c1-11-8-12(13-4-2-3-5-14(13)17-11)9-18-6-7-21-10-15(18)16(19)20/h2-5,8,15H,6-7,9-10H2,1H3,(H,19,20). The minimum Gasteiger partial charge on any atom is -0.480 e. The molecule has 0 aliphatic carbocycles. The molecule has 3 rings (SSSR count). The molecule has 0 amide bonds. The minimum atomic E-state index is -0.829. The Morgan fingerprint density at radius 2 is 2.29 bits per heavy atom. The first-order valence-electron chi connectivity index (χ1n) is 7.05. The van der Waals surface area contributed by atoms with Crippen LogP contribution in [0.25, 0.3) is 10.9 Å². The highest BCUT2D eigenvalue weighted by atomic mass is 16.5. The van der Waals surface area contributed by atoms with Gasteiger partial charge in [-0.2, -0.15) is 0 Å². The Kier molecular flexibility index (Phi) is 3.86. The number of fused-ring (bicyclic) bond motifs is 1. The summed E-state index contributed by atoms with van der Waals surface area (Å²) in [5, 5.41) is 10.4. The molecule has 1 saturated heterocycles. The highest BCUT2D eigenvalue weighted by Gasteiger charge is 2.29. The monoisotopic (exact) mass is 286 g/mol. The third kappa shape index (κ3) is 2.89. The van der Waals surface area contributed by atoms with E-state index in [9.17, 15) is 9.90 Å². The molecule has 5 heteroatoms. The van der Waals surface area contributed by atoms with E-state index in [0.717, 1.165) is 22.2 Å². The maximum absolute atomic E-state index is 11.4. The largest absolute Gasteiger partial charge is 0.480 e. The number of nitrogens with zero attached hydrogens (tertiary/aromatic N) is 2. The topological polar surface area (TPSA) is 62.7 Å². The van der Waals surface area contributed by atoms with Gasteiger partial charge in [0, 0.05) is 24.2 Å². The molecule has 1 aromatic carbocycles. The van der Waals surface area contributed by atoms with Crippen LogP contribution in [0.1, 0.15) is 11.3 Å². The zero-order valence-corrected chi connectivity index (χ0v) is 12.0. The second kappa shape index (κ2) is 5.79. The molecule has 1 N–H and O–H groups in total. The van der Waals surface area contributed by atoms with Gasteiger partial charge in [0.25, 0.3) is 0 Å². The van der Waals surface area contributed by atoms with E-state index in [1.54, 1.807) is 0 Å². The number of aromatic nitrogens is 1. The maximum Gasteiger partial charge on any atom is 0.323 e. The zero-order chi connectivity index (χ0) is 14.8. The van der Waals surface area contributed by atoms with Crippen LogP contribution >= 0.6 is 0 Å². The second-order valence-electron chi connectivity index (χ2n) is 5.34. The van der Waals surface area contributed by atoms with Crippen molar-refractivity contribution >= 4 is 16.9 Å². The third-order valence-corrected chi connectivity index (χ3v) is 3.83. The van der Waals surface area contributed by atoms with Gasteiger partial charge >= 0.3 is 5.97 Å². The Hall–Kier alpha value is -1.98. The highest BCUT2D eigenvalue weighted by molar-refractivity contribution is 5.82. The van der Waals surface area contributed by atoms with Crippen LogP contribution in [-0.4, -0.2) is 46.8 Å². The molecule has 1 fully saturated rings. The van der Waals surface area contributed by atoms with Crippen LogP contribution in [0.4, 0.5) is 0 Å². The van der Waals surface area contributed by atoms with E-state index in [2.05, 4.69) is 4.98 Å². The molecule has 0 radical (unpaired) electrons. The molecule has 21 heavy (non-hydrogen) atoms. The number of hydrogen-bond donors (Lipinski definition) is 1. The lowest BCUT2D eigenvalue weighted by atomic mass is 10.1. The van der Waals surface area contributed by atoms with Gasteiger partial charge < -0.3 is 9.84 Å². The van der Waals surface area contributed by atoms with E-state index in [1.807, 2.05) is 42.2 Å². The van der Waals surface area contributed by atoms with E-state index >= 15 is 0 Å². The van der Waals surface area contributed by atoms with Gasteiger partial charge in [-0.1, -0.05) is 18.2 Å². The second-order valence-corrected chi connectivity index (χ2v) is 5.34. The van der Waals surface area contributed by atoms with Crippen molar-refractivity contribution in [3.8, 4) is 0 Å². The smallest absolute Gasteiger partial charge is 0.323 e. The summed E-state index contributed by atoms with van der Waals surface area (Å²) >= 11 is 0. The Morgan fingerprint density at radius 1 is 1.48 bits per heavy atom. The van der Waals surface area contributed by atoms with Gasteiger partial charge in [0.2, 0.25) is 0 Å². The molecule has 5 nitrogen and oxygen atoms in total. The third-order valence-electron chi connectivity index (χ3n) is 3.83. The molecule has 1 aromatic heterocycles. The first kappa shape index (κ1) is 14.0. The van der Waals surface area contributed by atoms with Crippen molar-refractivity contribution in [2.45, 2.75) is 19.5 Å². The number of carboxylic acid groups (broad SMARTS) is 1. The number of morpholine rings is 1. The predicted molar refractivity (Wildman–Crippen MR) is 79.1 cm³/mol. The first-order chi connectivity index (χ1) is 10.1. The molecule has 110 valence electrons. The lowest BCUT2D eigenvalue weighted by Gasteiger charge is -2.33. The number of para-hydroxylation sites is 1. The van der Waals surface area contributed by atoms with Crippen molar-refractivity contribution in [1.82, 2.24) is 9.88 Å². The number of carboxylic acids is 1. The zero-order valence-electron chi connectivity index (χ0n) is 12.0. The van der Waals surface area contributed by atoms with Crippen LogP contribution in [0.2, 0.25) is 0 Å². The number of aliphatic carboxylic acids is 1. The van der Waals surface area contributed by atoms with E-state index in [-0.39, 0.29) is 6.61 Å². The number of hydrogen-bond acceptors (Lipinski definition) is 4. The summed E-state index contributed by atoms with van der Waals surface area (Å²) in [5.74, 6) is -0.829. The summed E-state index contributed by atoms with van der Waals surface area (Å²) in [6.07, 6.45) is 0. The van der Waals surface area contributed by atoms with Crippen molar-refractivity contribution < 1.29 is 14.6 Å². The molecule has 1 aliphatic rings. The Morgan fingerprint density at radius 3 is 3.10 bits per heavy atom. The summed E-state index contributed by atoms with van der Waals surface area (Å²) < 4.78 is 5.29. The van der Waals surface area contributed by atoms with Crippen LogP contribution in [0, 0.1) is 6.92 Å². The van der Waals surface area contributed by atoms with Gasteiger partial charge in [-0.25, -0.2) is 0 Å². The summed E-state index contributed by atoms with van der Waals surface area (Å²) in [5.41, 5.74) is 3.02. The number of pyridine rings is 1. The molecule has 0 spiro atoms. The van der Waals surface area contributed by atoms with Gasteiger partial charge in [0.1, 0.15) is 6.04 Å². The van der Waals surface area contributed by atoms with Crippen molar-refractivity contribution in [2.75, 3.05) is 19.8 Å². The van der Waals surface area contributed by atoms with E-state index in [1.165, 1.54) is 0 Å². The average molecular weight is 286 g/mol. The quantitative estimate of drug-likeness (QED) is 0.932. The lowest BCUT2D eigenvalue weighted by Crippen LogP contribution is -2.49. The summed E-state index contributed by atoms with van der Waals surface area (Å²) in [4.78, 5) is 17.8. The van der Waals surface area contributed by atoms with Crippen LogP contribution in [0.15, 0.2) is 30.3 Å². The Bertz CT molecular complexity index is 672. The molecular weight excluding hydrogens is 268 g/mol. The molecule has 1 aliphatic heterocycles. The van der Waals surface area contributed by atoms with Crippen LogP contribution in [0.3, 0.4) is 0 Å². The predicted octanol–water partition coefficient (Wildman–Crippen LogP) is 1.83. The van der Waals surface area contributed by atoms with Crippen molar-refractivity contribution in [2.24, 2.45) is 0 Å². The van der Waals surface area contributed by atoms with Crippen molar-refractivity contribution in [3.05, 3.63) is 41.6 Å². The fourth-order valence-electron chi connectivity index (χ4n) is 2.80. The van der Waals surface area contributed by atoms with Crippen LogP contribution in [0.5, 0.6) is 0 Å². The van der Waals surface area contributed by atoms with Crippen molar-refractivity contribution in [1.29, 1.82) is 0 Å². The number of ether oxygens (including phenoxy) is 1. The summed E-state index contributed by atoms with van der Waals surface area (Å²) in [6, 6.07) is 9.43. The molecule has 1 unspecified atom stereocenters. The minimum absolute atomic E-state index is 0.247. The molecule has 0 saturated carbocycles. The Labute approximate surface area is 123 Å². The first-order valence-corrected chi connectivity index (χ1v) is 7.05. The van der Waals surface area contributed by atoms with E-state index in [0.29, 0.717) is 19.7 Å². The fraction of sp³-hybridized carbons (Fsp3) is 0.375. The van der Waals surface area contributed by atoms with Gasteiger partial charge in [-0.15, -0.1) is 0 Å². The number of carbonyl (C=O) groups is 1. The molecule has 1 atom stereocenters. The maximum atomic E-state index is 11.4. The van der Waals surface area contributed by atoms with E-state index in [4.69, 9.17) is 4.74 Å². The lowest BCUT2D eigenvalue weighted by molar-refractivity contribution is -0.150. The van der Waals surface area contributed by atoms with Crippen LogP contribution < -0.4 is 0 Å². The van der Waals surface area contributed by atoms with Crippen LogP contribution in [-0.2, 0) is 16.1 Å². The van der Waals surface area contributed by atoms with Gasteiger partial charge in [-0.3, -0.25) is 14.7 Å². The van der Waals surface area contributed by atoms with Gasteiger partial charge in [0.15, 0.2) is 0 Å². The number of aryl methyl sites for hydroxylation is 1. The van der Waals surface area contributed by atoms with Crippen molar-refractivity contribution in [3.63, 3.8) is 0 Å². The highest BCUT2D eigenvalue weighted by Crippen LogP contribution is 2.21.